The van der Waals surface area contributed by atoms with Crippen LogP contribution in [-0.2, 0) is 20.0 Å². The average Bonchev–Trinajstić information content (AvgIpc) is 2.03. The molecule has 0 saturated carbocycles. The van der Waals surface area contributed by atoms with Crippen molar-refractivity contribution in [3.05, 3.63) is 28.4 Å². The third-order valence-electron chi connectivity index (χ3n) is 1.19. The quantitative estimate of drug-likeness (QED) is 0.578. The minimum atomic E-state index is -3.80. The predicted octanol–water partition coefficient (Wildman–Crippen LogP) is 0.568. The monoisotopic (exact) mass is 220 g/mol. The Bertz CT molecular complexity index is 442. The van der Waals surface area contributed by atoms with Gasteiger partial charge in [-0.2, -0.15) is 0 Å². The zero-order valence-corrected chi connectivity index (χ0v) is 7.75. The van der Waals surface area contributed by atoms with Gasteiger partial charge in [-0.05, 0) is 6.07 Å². The minimum absolute atomic E-state index is 0.537. The molecule has 1 rings (SSSR count). The standard InChI is InChI=1S/C5H4N2O4S2/c8-7(9)4-2-1-3-6-5(4)13(10,11)12/h1-3H,(H,10,11,12). The van der Waals surface area contributed by atoms with Crippen molar-refractivity contribution in [1.29, 1.82) is 0 Å². The number of rotatable bonds is 2. The van der Waals surface area contributed by atoms with Crippen LogP contribution in [0.2, 0.25) is 0 Å². The molecule has 1 N–H and O–H groups in total. The molecule has 6 nitrogen and oxygen atoms in total. The molecule has 13 heavy (non-hydrogen) atoms. The van der Waals surface area contributed by atoms with Crippen LogP contribution in [0.5, 0.6) is 0 Å². The summed E-state index contributed by atoms with van der Waals surface area (Å²) in [6.45, 7) is 0. The van der Waals surface area contributed by atoms with Crippen LogP contribution in [0, 0.1) is 10.1 Å². The van der Waals surface area contributed by atoms with Crippen LogP contribution >= 0.6 is 0 Å². The second kappa shape index (κ2) is 3.32. The van der Waals surface area contributed by atoms with E-state index in [0.29, 0.717) is 0 Å². The normalized spacial score (nSPS) is 14.8. The molecule has 0 aliphatic heterocycles. The molecule has 0 aliphatic rings. The first-order valence-electron chi connectivity index (χ1n) is 3.00. The van der Waals surface area contributed by atoms with Gasteiger partial charge in [0.05, 0.1) is 4.92 Å². The molecule has 0 spiro atoms. The van der Waals surface area contributed by atoms with E-state index in [4.69, 9.17) is 4.55 Å². The van der Waals surface area contributed by atoms with Crippen LogP contribution < -0.4 is 0 Å². The first-order chi connectivity index (χ1) is 5.93. The van der Waals surface area contributed by atoms with E-state index in [1.54, 1.807) is 0 Å². The Balaban J connectivity index is 3.46. The number of hydrogen-bond acceptors (Lipinski definition) is 5. The fourth-order valence-electron chi connectivity index (χ4n) is 0.720. The van der Waals surface area contributed by atoms with E-state index in [9.17, 15) is 14.3 Å². The van der Waals surface area contributed by atoms with Crippen molar-refractivity contribution in [2.45, 2.75) is 5.03 Å². The van der Waals surface area contributed by atoms with Gasteiger partial charge in [-0.1, -0.05) is 0 Å². The van der Waals surface area contributed by atoms with E-state index < -0.39 is 24.4 Å². The van der Waals surface area contributed by atoms with E-state index in [0.717, 1.165) is 6.07 Å². The zero-order valence-electron chi connectivity index (χ0n) is 6.11. The fourth-order valence-corrected chi connectivity index (χ4v) is 1.71. The molecule has 0 aromatic carbocycles. The lowest BCUT2D eigenvalue weighted by atomic mass is 10.4. The van der Waals surface area contributed by atoms with Crippen LogP contribution in [0.25, 0.3) is 0 Å². The van der Waals surface area contributed by atoms with Gasteiger partial charge < -0.3 is 4.55 Å². The molecule has 0 saturated heterocycles. The van der Waals surface area contributed by atoms with Crippen molar-refractivity contribution in [2.75, 3.05) is 0 Å². The van der Waals surface area contributed by atoms with Crippen molar-refractivity contribution in [3.63, 3.8) is 0 Å². The maximum absolute atomic E-state index is 10.9. The summed E-state index contributed by atoms with van der Waals surface area (Å²) in [5.41, 5.74) is -0.537. The number of hydrogen-bond donors (Lipinski definition) is 1. The van der Waals surface area contributed by atoms with E-state index in [-0.39, 0.29) is 0 Å². The molecule has 0 radical (unpaired) electrons. The topological polar surface area (TPSA) is 93.3 Å². The highest BCUT2D eigenvalue weighted by Crippen LogP contribution is 2.19. The smallest absolute Gasteiger partial charge is 0.301 e. The largest absolute Gasteiger partial charge is 0.306 e. The molecule has 1 aromatic heterocycles. The highest BCUT2D eigenvalue weighted by Gasteiger charge is 2.21. The summed E-state index contributed by atoms with van der Waals surface area (Å²) in [6.07, 6.45) is 1.17. The van der Waals surface area contributed by atoms with E-state index in [1.165, 1.54) is 12.3 Å². The Morgan fingerprint density at radius 2 is 2.31 bits per heavy atom. The van der Waals surface area contributed by atoms with Gasteiger partial charge in [0, 0.05) is 23.5 Å². The molecule has 1 atom stereocenters. The minimum Gasteiger partial charge on any atom is -0.301 e. The lowest BCUT2D eigenvalue weighted by Gasteiger charge is -1.98. The molecule has 8 heteroatoms. The second-order valence-electron chi connectivity index (χ2n) is 2.06. The first kappa shape index (κ1) is 9.96. The van der Waals surface area contributed by atoms with Gasteiger partial charge in [-0.3, -0.25) is 10.1 Å². The molecule has 1 aromatic rings. The van der Waals surface area contributed by atoms with Crippen LogP contribution in [0.3, 0.4) is 0 Å². The van der Waals surface area contributed by atoms with Gasteiger partial charge in [0.1, 0.15) is 0 Å². The predicted molar refractivity (Wildman–Crippen MR) is 47.3 cm³/mol. The molecule has 1 heterocycles. The van der Waals surface area contributed by atoms with Crippen LogP contribution in [0.1, 0.15) is 0 Å². The summed E-state index contributed by atoms with van der Waals surface area (Å²) in [5, 5.41) is 9.78. The molecule has 70 valence electrons. The van der Waals surface area contributed by atoms with Crippen LogP contribution in [-0.4, -0.2) is 18.7 Å². The van der Waals surface area contributed by atoms with Gasteiger partial charge in [-0.15, -0.1) is 0 Å². The Kier molecular flexibility index (Phi) is 2.55. The maximum atomic E-state index is 10.9. The maximum Gasteiger partial charge on any atom is 0.306 e. The first-order valence-corrected chi connectivity index (χ1v) is 5.44. The summed E-state index contributed by atoms with van der Waals surface area (Å²) < 4.78 is 19.8. The van der Waals surface area contributed by atoms with E-state index in [1.807, 2.05) is 0 Å². The van der Waals surface area contributed by atoms with Gasteiger partial charge in [0.15, 0.2) is 8.77 Å². The number of pyridine rings is 1. The Morgan fingerprint density at radius 3 is 2.69 bits per heavy atom. The molecular weight excluding hydrogens is 216 g/mol. The van der Waals surface area contributed by atoms with Gasteiger partial charge in [-0.25, -0.2) is 9.19 Å². The van der Waals surface area contributed by atoms with E-state index in [2.05, 4.69) is 16.2 Å². The lowest BCUT2D eigenvalue weighted by Crippen LogP contribution is -2.04. The average molecular weight is 220 g/mol. The van der Waals surface area contributed by atoms with Crippen molar-refractivity contribution in [3.8, 4) is 0 Å². The number of aromatic nitrogens is 1. The van der Waals surface area contributed by atoms with Gasteiger partial charge >= 0.3 is 5.69 Å². The SMILES string of the molecule is O=[N+]([O-])c1cccnc1S(=O)(O)=S. The molecule has 0 bridgehead atoms. The van der Waals surface area contributed by atoms with E-state index >= 15 is 0 Å². The lowest BCUT2D eigenvalue weighted by molar-refractivity contribution is -0.388. The molecule has 0 amide bonds. The number of nitrogens with zero attached hydrogens (tertiary/aromatic N) is 2. The fraction of sp³-hybridized carbons (Fsp3) is 0. The van der Waals surface area contributed by atoms with Crippen LogP contribution in [0.4, 0.5) is 5.69 Å². The summed E-state index contributed by atoms with van der Waals surface area (Å²) in [6, 6.07) is 2.37. The third-order valence-corrected chi connectivity index (χ3v) is 2.47. The Hall–Kier alpha value is -1.12. The van der Waals surface area contributed by atoms with Crippen LogP contribution in [0.15, 0.2) is 23.4 Å². The summed E-state index contributed by atoms with van der Waals surface area (Å²) in [4.78, 5) is 12.9. The molecular formula is C5H4N2O4S2. The van der Waals surface area contributed by atoms with Gasteiger partial charge in [0.2, 0.25) is 5.03 Å². The van der Waals surface area contributed by atoms with Crippen molar-refractivity contribution in [2.24, 2.45) is 0 Å². The van der Waals surface area contributed by atoms with Gasteiger partial charge in [0.25, 0.3) is 0 Å². The molecule has 0 aliphatic carbocycles. The summed E-state index contributed by atoms with van der Waals surface area (Å²) >= 11 is 4.17. The van der Waals surface area contributed by atoms with Crippen molar-refractivity contribution >= 4 is 25.6 Å². The molecule has 0 fully saturated rings. The highest BCUT2D eigenvalue weighted by atomic mass is 32.8. The third kappa shape index (κ3) is 2.17. The second-order valence-corrected chi connectivity index (χ2v) is 4.75. The van der Waals surface area contributed by atoms with Crippen molar-refractivity contribution < 1.29 is 13.7 Å². The Morgan fingerprint density at radius 1 is 1.69 bits per heavy atom. The molecule has 1 unspecified atom stereocenters. The van der Waals surface area contributed by atoms with Crippen molar-refractivity contribution in [1.82, 2.24) is 4.98 Å². The number of nitro groups is 1. The zero-order chi connectivity index (χ0) is 10.1. The summed E-state index contributed by atoms with van der Waals surface area (Å²) in [5.74, 6) is 0. The highest BCUT2D eigenvalue weighted by molar-refractivity contribution is 8.29. The Labute approximate surface area is 78.3 Å². The summed E-state index contributed by atoms with van der Waals surface area (Å²) in [7, 11) is -3.80.